The normalized spacial score (nSPS) is 11.7. The molecule has 178 valence electrons. The van der Waals surface area contributed by atoms with Crippen molar-refractivity contribution in [1.82, 2.24) is 29.5 Å². The van der Waals surface area contributed by atoms with Gasteiger partial charge in [0.15, 0.2) is 11.5 Å². The first-order valence-electron chi connectivity index (χ1n) is 10.8. The van der Waals surface area contributed by atoms with Crippen LogP contribution in [0.4, 0.5) is 0 Å². The number of sulfonamides is 1. The Hall–Kier alpha value is -4.09. The summed E-state index contributed by atoms with van der Waals surface area (Å²) in [7, 11) is -2.19. The van der Waals surface area contributed by atoms with Crippen molar-refractivity contribution in [3.05, 3.63) is 72.4 Å². The first-order chi connectivity index (χ1) is 16.9. The lowest BCUT2D eigenvalue weighted by molar-refractivity contribution is 0.306. The van der Waals surface area contributed by atoms with Gasteiger partial charge in [-0.25, -0.2) is 13.1 Å². The highest BCUT2D eigenvalue weighted by Crippen LogP contribution is 2.23. The molecule has 0 aliphatic rings. The average molecular weight is 491 g/mol. The summed E-state index contributed by atoms with van der Waals surface area (Å²) in [4.78, 5) is 4.53. The molecule has 0 radical (unpaired) electrons. The van der Waals surface area contributed by atoms with Crippen LogP contribution in [0, 0.1) is 6.92 Å². The fourth-order valence-electron chi connectivity index (χ4n) is 3.63. The number of methoxy groups -OCH3 is 1. The van der Waals surface area contributed by atoms with E-state index >= 15 is 0 Å². The zero-order valence-electron chi connectivity index (χ0n) is 19.0. The number of pyridine rings is 1. The van der Waals surface area contributed by atoms with Gasteiger partial charge in [-0.1, -0.05) is 30.3 Å². The molecule has 0 amide bonds. The van der Waals surface area contributed by atoms with Gasteiger partial charge in [-0.2, -0.15) is 4.52 Å². The second kappa shape index (κ2) is 9.28. The van der Waals surface area contributed by atoms with Crippen LogP contribution in [-0.4, -0.2) is 53.5 Å². The number of para-hydroxylation sites is 1. The van der Waals surface area contributed by atoms with Crippen LogP contribution in [0.15, 0.2) is 71.6 Å². The van der Waals surface area contributed by atoms with E-state index in [2.05, 4.69) is 25.0 Å². The second-order valence-corrected chi connectivity index (χ2v) is 9.46. The van der Waals surface area contributed by atoms with Gasteiger partial charge in [-0.05, 0) is 37.3 Å². The Kier molecular flexibility index (Phi) is 6.01. The van der Waals surface area contributed by atoms with Crippen molar-refractivity contribution in [2.24, 2.45) is 0 Å². The SMILES string of the molecule is COc1cccc(-c2nnc3ccc(OCCNS(=O)(=O)c4cccc5ccc(C)nc45)nn23)c1. The van der Waals surface area contributed by atoms with Crippen LogP contribution in [-0.2, 0) is 10.0 Å². The lowest BCUT2D eigenvalue weighted by atomic mass is 10.2. The van der Waals surface area contributed by atoms with E-state index in [1.165, 1.54) is 0 Å². The van der Waals surface area contributed by atoms with Crippen molar-refractivity contribution in [1.29, 1.82) is 0 Å². The molecule has 3 aromatic heterocycles. The number of ether oxygens (including phenoxy) is 2. The largest absolute Gasteiger partial charge is 0.497 e. The highest BCUT2D eigenvalue weighted by atomic mass is 32.2. The van der Waals surface area contributed by atoms with E-state index in [4.69, 9.17) is 9.47 Å². The van der Waals surface area contributed by atoms with Crippen LogP contribution in [0.2, 0.25) is 0 Å². The summed E-state index contributed by atoms with van der Waals surface area (Å²) >= 11 is 0. The van der Waals surface area contributed by atoms with E-state index in [0.717, 1.165) is 16.6 Å². The minimum atomic E-state index is -3.78. The Labute approximate surface area is 201 Å². The highest BCUT2D eigenvalue weighted by molar-refractivity contribution is 7.89. The standard InChI is InChI=1S/C24H22N6O4S/c1-16-9-10-17-5-4-8-20(23(17)26-16)35(31,32)25-13-14-34-22-12-11-21-27-28-24(30(21)29-22)18-6-3-7-19(15-18)33-2/h3-12,15,25H,13-14H2,1-2H3. The molecule has 5 rings (SSSR count). The zero-order valence-corrected chi connectivity index (χ0v) is 19.9. The maximum atomic E-state index is 12.9. The number of aromatic nitrogens is 5. The maximum absolute atomic E-state index is 12.9. The Balaban J connectivity index is 1.29. The number of nitrogens with one attached hydrogen (secondary N) is 1. The van der Waals surface area contributed by atoms with Crippen molar-refractivity contribution >= 4 is 26.6 Å². The third-order valence-electron chi connectivity index (χ3n) is 5.32. The molecule has 0 saturated carbocycles. The molecule has 2 aromatic carbocycles. The zero-order chi connectivity index (χ0) is 24.4. The number of hydrogen-bond donors (Lipinski definition) is 1. The Bertz CT molecular complexity index is 1630. The molecule has 0 saturated heterocycles. The van der Waals surface area contributed by atoms with Crippen molar-refractivity contribution in [2.75, 3.05) is 20.3 Å². The second-order valence-electron chi connectivity index (χ2n) is 7.72. The van der Waals surface area contributed by atoms with Gasteiger partial charge in [0, 0.05) is 29.3 Å². The number of aryl methyl sites for hydroxylation is 1. The average Bonchev–Trinajstić information content (AvgIpc) is 3.29. The lowest BCUT2D eigenvalue weighted by Crippen LogP contribution is -2.28. The third kappa shape index (κ3) is 4.63. The van der Waals surface area contributed by atoms with Crippen LogP contribution in [0.1, 0.15) is 5.69 Å². The van der Waals surface area contributed by atoms with Crippen molar-refractivity contribution in [2.45, 2.75) is 11.8 Å². The Morgan fingerprint density at radius 1 is 1.00 bits per heavy atom. The van der Waals surface area contributed by atoms with Crippen molar-refractivity contribution in [3.8, 4) is 23.0 Å². The van der Waals surface area contributed by atoms with Gasteiger partial charge in [0.05, 0.1) is 12.6 Å². The van der Waals surface area contributed by atoms with Crippen LogP contribution in [0.5, 0.6) is 11.6 Å². The predicted molar refractivity (Wildman–Crippen MR) is 130 cm³/mol. The number of rotatable bonds is 8. The summed E-state index contributed by atoms with van der Waals surface area (Å²) in [5, 5.41) is 13.6. The highest BCUT2D eigenvalue weighted by Gasteiger charge is 2.18. The van der Waals surface area contributed by atoms with E-state index in [-0.39, 0.29) is 18.0 Å². The van der Waals surface area contributed by atoms with Gasteiger partial charge in [0.25, 0.3) is 0 Å². The quantitative estimate of drug-likeness (QED) is 0.330. The number of hydrogen-bond acceptors (Lipinski definition) is 8. The smallest absolute Gasteiger partial charge is 0.242 e. The monoisotopic (exact) mass is 490 g/mol. The molecule has 3 heterocycles. The Morgan fingerprint density at radius 3 is 2.71 bits per heavy atom. The first-order valence-corrected chi connectivity index (χ1v) is 12.3. The Morgan fingerprint density at radius 2 is 1.86 bits per heavy atom. The fourth-order valence-corrected chi connectivity index (χ4v) is 4.82. The van der Waals surface area contributed by atoms with Crippen LogP contribution in [0.3, 0.4) is 0 Å². The van der Waals surface area contributed by atoms with Gasteiger partial charge in [0.2, 0.25) is 15.9 Å². The van der Waals surface area contributed by atoms with Gasteiger partial charge < -0.3 is 9.47 Å². The van der Waals surface area contributed by atoms with Crippen LogP contribution in [0.25, 0.3) is 27.9 Å². The topological polar surface area (TPSA) is 121 Å². The minimum Gasteiger partial charge on any atom is -0.497 e. The van der Waals surface area contributed by atoms with Gasteiger partial charge >= 0.3 is 0 Å². The summed E-state index contributed by atoms with van der Waals surface area (Å²) in [6.45, 7) is 1.95. The summed E-state index contributed by atoms with van der Waals surface area (Å²) < 4.78 is 40.9. The molecule has 0 aliphatic carbocycles. The van der Waals surface area contributed by atoms with E-state index in [1.807, 2.05) is 49.4 Å². The van der Waals surface area contributed by atoms with E-state index < -0.39 is 10.0 Å². The molecule has 0 spiro atoms. The molecule has 0 atom stereocenters. The third-order valence-corrected chi connectivity index (χ3v) is 6.81. The minimum absolute atomic E-state index is 0.0508. The summed E-state index contributed by atoms with van der Waals surface area (Å²) in [6, 6.07) is 19.6. The number of benzene rings is 2. The van der Waals surface area contributed by atoms with Gasteiger partial charge in [0.1, 0.15) is 17.3 Å². The summed E-state index contributed by atoms with van der Waals surface area (Å²) in [6.07, 6.45) is 0. The molecule has 0 bridgehead atoms. The number of fused-ring (bicyclic) bond motifs is 2. The summed E-state index contributed by atoms with van der Waals surface area (Å²) in [5.74, 6) is 1.53. The molecule has 0 aliphatic heterocycles. The van der Waals surface area contributed by atoms with E-state index in [9.17, 15) is 8.42 Å². The maximum Gasteiger partial charge on any atom is 0.242 e. The lowest BCUT2D eigenvalue weighted by Gasteiger charge is -2.10. The van der Waals surface area contributed by atoms with Crippen molar-refractivity contribution in [3.63, 3.8) is 0 Å². The molecule has 35 heavy (non-hydrogen) atoms. The van der Waals surface area contributed by atoms with Gasteiger partial charge in [-0.3, -0.25) is 4.98 Å². The molecule has 0 fully saturated rings. The van der Waals surface area contributed by atoms with E-state index in [1.54, 1.807) is 35.9 Å². The van der Waals surface area contributed by atoms with Crippen molar-refractivity contribution < 1.29 is 17.9 Å². The van der Waals surface area contributed by atoms with Gasteiger partial charge in [-0.15, -0.1) is 15.3 Å². The molecule has 5 aromatic rings. The van der Waals surface area contributed by atoms with E-state index in [0.29, 0.717) is 28.6 Å². The molecular formula is C24H22N6O4S. The molecule has 10 nitrogen and oxygen atoms in total. The summed E-state index contributed by atoms with van der Waals surface area (Å²) in [5.41, 5.74) is 2.51. The fraction of sp³-hybridized carbons (Fsp3) is 0.167. The van der Waals surface area contributed by atoms with Crippen LogP contribution >= 0.6 is 0 Å². The number of nitrogens with zero attached hydrogens (tertiary/aromatic N) is 5. The predicted octanol–water partition coefficient (Wildman–Crippen LogP) is 3.01. The molecule has 11 heteroatoms. The van der Waals surface area contributed by atoms with Crippen LogP contribution < -0.4 is 14.2 Å². The molecular weight excluding hydrogens is 468 g/mol. The molecule has 0 unspecified atom stereocenters. The molecule has 1 N–H and O–H groups in total. The first kappa shape index (κ1) is 22.7.